The van der Waals surface area contributed by atoms with Crippen molar-refractivity contribution in [1.29, 1.82) is 0 Å². The van der Waals surface area contributed by atoms with E-state index in [4.69, 9.17) is 46.6 Å². The van der Waals surface area contributed by atoms with Crippen molar-refractivity contribution in [2.75, 3.05) is 26.4 Å². The molecule has 0 aliphatic rings. The van der Waals surface area contributed by atoms with E-state index in [1.54, 1.807) is 0 Å². The van der Waals surface area contributed by atoms with Crippen molar-refractivity contribution in [2.24, 2.45) is 5.73 Å². The molecule has 4 atom stereocenters. The van der Waals surface area contributed by atoms with Gasteiger partial charge in [0.15, 0.2) is 6.29 Å². The highest BCUT2D eigenvalue weighted by atomic mass is 35.5. The van der Waals surface area contributed by atoms with Crippen LogP contribution < -0.4 is 5.73 Å². The van der Waals surface area contributed by atoms with Gasteiger partial charge in [0, 0.05) is 0 Å². The second kappa shape index (κ2) is 13.3. The first-order valence-corrected chi connectivity index (χ1v) is 5.62. The standard InChI is InChI=1S/C6H12O6.C4H11NO3.ClH/c7-1-3(9)5(11)6(12)4(10)2-8;5-4(1-6,2-7)3-8;/h1,3-6,8-12H,2H2;6-8H,1-3,5H2;1H. The summed E-state index contributed by atoms with van der Waals surface area (Å²) in [6.45, 7) is -1.97. The molecule has 0 bridgehead atoms. The number of aliphatic hydroxyl groups is 8. The molecule has 0 fully saturated rings. The molecule has 0 saturated heterocycles. The number of hydrogen-bond acceptors (Lipinski definition) is 10. The van der Waals surface area contributed by atoms with Gasteiger partial charge in [-0.25, -0.2) is 0 Å². The Morgan fingerprint density at radius 1 is 0.905 bits per heavy atom. The van der Waals surface area contributed by atoms with Crippen molar-refractivity contribution >= 4 is 18.7 Å². The zero-order chi connectivity index (χ0) is 16.3. The van der Waals surface area contributed by atoms with Crippen molar-refractivity contribution in [2.45, 2.75) is 30.0 Å². The number of hydrogen-bond donors (Lipinski definition) is 9. The molecule has 0 spiro atoms. The molecule has 0 aromatic rings. The van der Waals surface area contributed by atoms with Crippen LogP contribution in [0.5, 0.6) is 0 Å². The largest absolute Gasteiger partial charge is 0.394 e. The molecule has 0 saturated carbocycles. The summed E-state index contributed by atoms with van der Waals surface area (Å²) in [6.07, 6.45) is -6.84. The lowest BCUT2D eigenvalue weighted by Crippen LogP contribution is -2.50. The van der Waals surface area contributed by atoms with Gasteiger partial charge in [-0.05, 0) is 0 Å². The number of nitrogens with two attached hydrogens (primary N) is 1. The molecule has 0 heterocycles. The van der Waals surface area contributed by atoms with Crippen LogP contribution in [0.15, 0.2) is 0 Å². The third-order valence-corrected chi connectivity index (χ3v) is 2.37. The van der Waals surface area contributed by atoms with Gasteiger partial charge < -0.3 is 51.4 Å². The van der Waals surface area contributed by atoms with Gasteiger partial charge in [-0.15, -0.1) is 12.4 Å². The van der Waals surface area contributed by atoms with E-state index < -0.39 is 56.4 Å². The third-order valence-electron chi connectivity index (χ3n) is 2.37. The summed E-state index contributed by atoms with van der Waals surface area (Å²) in [5, 5.41) is 68.6. The number of carbonyl (C=O) groups is 1. The molecule has 21 heavy (non-hydrogen) atoms. The fourth-order valence-electron chi connectivity index (χ4n) is 0.768. The van der Waals surface area contributed by atoms with Crippen LogP contribution in [0.4, 0.5) is 0 Å². The van der Waals surface area contributed by atoms with Gasteiger partial charge in [-0.1, -0.05) is 0 Å². The number of halogens is 1. The summed E-state index contributed by atoms with van der Waals surface area (Å²) >= 11 is 0. The SMILES string of the molecule is Cl.NC(CO)(CO)CO.O=CC(O)C(O)C(O)C(O)CO. The van der Waals surface area contributed by atoms with Crippen molar-refractivity contribution in [3.05, 3.63) is 0 Å². The van der Waals surface area contributed by atoms with Crippen molar-refractivity contribution in [3.8, 4) is 0 Å². The van der Waals surface area contributed by atoms with Crippen LogP contribution >= 0.6 is 12.4 Å². The first kappa shape index (κ1) is 25.5. The van der Waals surface area contributed by atoms with Gasteiger partial charge >= 0.3 is 0 Å². The highest BCUT2D eigenvalue weighted by molar-refractivity contribution is 5.85. The summed E-state index contributed by atoms with van der Waals surface area (Å²) in [7, 11) is 0. The van der Waals surface area contributed by atoms with E-state index in [0.29, 0.717) is 0 Å². The topological polar surface area (TPSA) is 205 Å². The van der Waals surface area contributed by atoms with Gasteiger partial charge in [0.2, 0.25) is 0 Å². The van der Waals surface area contributed by atoms with Gasteiger partial charge in [0.05, 0.1) is 32.0 Å². The molecule has 10 nitrogen and oxygen atoms in total. The average Bonchev–Trinajstić information content (AvgIpc) is 2.51. The molecule has 0 rings (SSSR count). The Morgan fingerprint density at radius 2 is 1.29 bits per heavy atom. The summed E-state index contributed by atoms with van der Waals surface area (Å²) in [5.74, 6) is 0. The molecule has 4 unspecified atom stereocenters. The maximum absolute atomic E-state index is 9.90. The Bertz CT molecular complexity index is 246. The Labute approximate surface area is 127 Å². The van der Waals surface area contributed by atoms with E-state index in [1.807, 2.05) is 0 Å². The smallest absolute Gasteiger partial charge is 0.151 e. The van der Waals surface area contributed by atoms with E-state index in [-0.39, 0.29) is 18.7 Å². The quantitative estimate of drug-likeness (QED) is 0.192. The Morgan fingerprint density at radius 3 is 1.48 bits per heavy atom. The minimum Gasteiger partial charge on any atom is -0.394 e. The van der Waals surface area contributed by atoms with Gasteiger partial charge in [0.25, 0.3) is 0 Å². The van der Waals surface area contributed by atoms with Crippen LogP contribution in [0.1, 0.15) is 0 Å². The van der Waals surface area contributed by atoms with Crippen molar-refractivity contribution in [1.82, 2.24) is 0 Å². The lowest BCUT2D eigenvalue weighted by molar-refractivity contribution is -0.136. The van der Waals surface area contributed by atoms with Crippen LogP contribution in [0, 0.1) is 0 Å². The second-order valence-electron chi connectivity index (χ2n) is 4.19. The normalized spacial score (nSPS) is 16.6. The zero-order valence-electron chi connectivity index (χ0n) is 11.2. The molecule has 0 aliphatic heterocycles. The van der Waals surface area contributed by atoms with E-state index in [2.05, 4.69) is 0 Å². The lowest BCUT2D eigenvalue weighted by Gasteiger charge is -2.22. The summed E-state index contributed by atoms with van der Waals surface area (Å²) in [4.78, 5) is 9.90. The zero-order valence-corrected chi connectivity index (χ0v) is 12.0. The van der Waals surface area contributed by atoms with Crippen LogP contribution in [0.25, 0.3) is 0 Å². The first-order valence-electron chi connectivity index (χ1n) is 5.62. The predicted molar refractivity (Wildman–Crippen MR) is 72.6 cm³/mol. The van der Waals surface area contributed by atoms with Gasteiger partial charge in [-0.3, -0.25) is 0 Å². The number of carbonyl (C=O) groups excluding carboxylic acids is 1. The second-order valence-corrected chi connectivity index (χ2v) is 4.19. The van der Waals surface area contributed by atoms with Gasteiger partial charge in [-0.2, -0.15) is 0 Å². The summed E-state index contributed by atoms with van der Waals surface area (Å²) < 4.78 is 0. The average molecular weight is 338 g/mol. The first-order chi connectivity index (χ1) is 9.22. The molecule has 11 heteroatoms. The molecule has 0 aromatic heterocycles. The van der Waals surface area contributed by atoms with Crippen LogP contribution in [-0.4, -0.2) is 104 Å². The maximum atomic E-state index is 9.90. The Balaban J connectivity index is -0.000000317. The molecule has 0 aliphatic carbocycles. The Kier molecular flexibility index (Phi) is 16.2. The number of aliphatic hydroxyl groups excluding tert-OH is 8. The highest BCUT2D eigenvalue weighted by Gasteiger charge is 2.29. The van der Waals surface area contributed by atoms with Gasteiger partial charge in [0.1, 0.15) is 24.4 Å². The highest BCUT2D eigenvalue weighted by Crippen LogP contribution is 2.02. The molecular weight excluding hydrogens is 314 g/mol. The Hall–Kier alpha value is -0.400. The molecule has 130 valence electrons. The molecule has 0 aromatic carbocycles. The van der Waals surface area contributed by atoms with Crippen LogP contribution in [0.3, 0.4) is 0 Å². The fourth-order valence-corrected chi connectivity index (χ4v) is 0.768. The molecular formula is C10H24ClNO9. The fraction of sp³-hybridized carbons (Fsp3) is 0.900. The maximum Gasteiger partial charge on any atom is 0.151 e. The predicted octanol–water partition coefficient (Wildman–Crippen LogP) is -5.30. The lowest BCUT2D eigenvalue weighted by atomic mass is 10.0. The van der Waals surface area contributed by atoms with E-state index in [9.17, 15) is 4.79 Å². The molecule has 10 N–H and O–H groups in total. The minimum atomic E-state index is -1.79. The summed E-state index contributed by atoms with van der Waals surface area (Å²) in [6, 6.07) is 0. The van der Waals surface area contributed by atoms with E-state index in [1.165, 1.54) is 0 Å². The van der Waals surface area contributed by atoms with Crippen LogP contribution in [0.2, 0.25) is 0 Å². The summed E-state index contributed by atoms with van der Waals surface area (Å²) in [5.41, 5.74) is 3.94. The number of aldehydes is 1. The number of rotatable bonds is 8. The van der Waals surface area contributed by atoms with Crippen LogP contribution in [-0.2, 0) is 4.79 Å². The molecule has 0 radical (unpaired) electrons. The monoisotopic (exact) mass is 337 g/mol. The van der Waals surface area contributed by atoms with E-state index in [0.717, 1.165) is 0 Å². The third kappa shape index (κ3) is 10.0. The van der Waals surface area contributed by atoms with E-state index >= 15 is 0 Å². The molecule has 0 amide bonds. The van der Waals surface area contributed by atoms with Crippen molar-refractivity contribution < 1.29 is 45.6 Å². The van der Waals surface area contributed by atoms with Crippen molar-refractivity contribution in [3.63, 3.8) is 0 Å². The minimum absolute atomic E-state index is 0.